The molecule has 0 aliphatic heterocycles. The van der Waals surface area contributed by atoms with E-state index in [1.807, 2.05) is 6.92 Å². The molecule has 24 heavy (non-hydrogen) atoms. The molecule has 1 rings (SSSR count). The van der Waals surface area contributed by atoms with E-state index in [2.05, 4.69) is 26.0 Å². The van der Waals surface area contributed by atoms with Gasteiger partial charge in [0.25, 0.3) is 0 Å². The minimum absolute atomic E-state index is 0.251. The second-order valence-electron chi connectivity index (χ2n) is 7.76. The topological polar surface area (TPSA) is 40.5 Å². The van der Waals surface area contributed by atoms with Gasteiger partial charge in [-0.15, -0.1) is 0 Å². The molecule has 142 valence electrons. The van der Waals surface area contributed by atoms with Crippen LogP contribution in [0.1, 0.15) is 85.0 Å². The summed E-state index contributed by atoms with van der Waals surface area (Å²) in [4.78, 5) is 0. The maximum absolute atomic E-state index is 13.9. The minimum atomic E-state index is -1.10. The average molecular weight is 343 g/mol. The van der Waals surface area contributed by atoms with Crippen molar-refractivity contribution in [1.29, 1.82) is 0 Å². The third kappa shape index (κ3) is 7.23. The summed E-state index contributed by atoms with van der Waals surface area (Å²) < 4.78 is 13.9. The standard InChI is InChI=1S/C21H39FO2/c1-4-6-8-9-10-11-18-17(16(3)15-21(18)24)13-14-20(23)19(22)12-7-5-2/h9-10,16-21,23-24H,4-8,11-15H2,1-3H3/b10-9-/t16?,17-,18?,19?,20?,21?/m0/s1. The van der Waals surface area contributed by atoms with E-state index < -0.39 is 12.3 Å². The van der Waals surface area contributed by atoms with Crippen LogP contribution in [0.25, 0.3) is 0 Å². The van der Waals surface area contributed by atoms with Gasteiger partial charge in [0, 0.05) is 0 Å². The number of alkyl halides is 1. The van der Waals surface area contributed by atoms with Crippen LogP contribution in [-0.4, -0.2) is 28.6 Å². The Bertz CT molecular complexity index is 345. The lowest BCUT2D eigenvalue weighted by Crippen LogP contribution is -2.25. The molecule has 2 N–H and O–H groups in total. The first-order valence-corrected chi connectivity index (χ1v) is 10.2. The summed E-state index contributed by atoms with van der Waals surface area (Å²) in [6, 6.07) is 0. The highest BCUT2D eigenvalue weighted by Crippen LogP contribution is 2.42. The summed E-state index contributed by atoms with van der Waals surface area (Å²) in [5, 5.41) is 20.4. The molecule has 0 spiro atoms. The van der Waals surface area contributed by atoms with E-state index in [9.17, 15) is 14.6 Å². The molecule has 0 radical (unpaired) electrons. The van der Waals surface area contributed by atoms with Crippen LogP contribution >= 0.6 is 0 Å². The monoisotopic (exact) mass is 342 g/mol. The molecule has 1 saturated carbocycles. The van der Waals surface area contributed by atoms with Crippen LogP contribution in [0.4, 0.5) is 4.39 Å². The van der Waals surface area contributed by atoms with Crippen molar-refractivity contribution >= 4 is 0 Å². The lowest BCUT2D eigenvalue weighted by Gasteiger charge is -2.25. The van der Waals surface area contributed by atoms with Crippen molar-refractivity contribution in [2.75, 3.05) is 0 Å². The van der Waals surface area contributed by atoms with Crippen molar-refractivity contribution in [3.05, 3.63) is 12.2 Å². The van der Waals surface area contributed by atoms with Crippen molar-refractivity contribution in [2.24, 2.45) is 17.8 Å². The number of aliphatic hydroxyl groups excluding tert-OH is 2. The van der Waals surface area contributed by atoms with Crippen molar-refractivity contribution in [1.82, 2.24) is 0 Å². The molecule has 5 unspecified atom stereocenters. The first kappa shape index (κ1) is 21.6. The second-order valence-corrected chi connectivity index (χ2v) is 7.76. The van der Waals surface area contributed by atoms with E-state index in [0.717, 1.165) is 38.5 Å². The molecule has 0 aromatic heterocycles. The minimum Gasteiger partial charge on any atom is -0.393 e. The number of allylic oxidation sites excluding steroid dienone is 2. The van der Waals surface area contributed by atoms with Gasteiger partial charge in [0.1, 0.15) is 6.17 Å². The maximum atomic E-state index is 13.9. The van der Waals surface area contributed by atoms with Gasteiger partial charge in [0.05, 0.1) is 12.2 Å². The molecule has 3 heteroatoms. The van der Waals surface area contributed by atoms with Gasteiger partial charge in [0.2, 0.25) is 0 Å². The Hall–Kier alpha value is -0.410. The summed E-state index contributed by atoms with van der Waals surface area (Å²) in [6.45, 7) is 6.42. The summed E-state index contributed by atoms with van der Waals surface area (Å²) in [7, 11) is 0. The Morgan fingerprint density at radius 1 is 1.08 bits per heavy atom. The number of hydrogen-bond acceptors (Lipinski definition) is 2. The van der Waals surface area contributed by atoms with Crippen LogP contribution in [0.3, 0.4) is 0 Å². The second kappa shape index (κ2) is 12.0. The van der Waals surface area contributed by atoms with Crippen LogP contribution in [0.5, 0.6) is 0 Å². The number of aliphatic hydroxyl groups is 2. The van der Waals surface area contributed by atoms with Crippen LogP contribution in [0.2, 0.25) is 0 Å². The molecule has 0 aromatic rings. The molecule has 0 bridgehead atoms. The summed E-state index contributed by atoms with van der Waals surface area (Å²) in [5.74, 6) is 1.11. The Morgan fingerprint density at radius 3 is 2.46 bits per heavy atom. The Kier molecular flexibility index (Phi) is 10.8. The lowest BCUT2D eigenvalue weighted by atomic mass is 9.83. The Labute approximate surface area is 148 Å². The number of hydrogen-bond donors (Lipinski definition) is 2. The average Bonchev–Trinajstić information content (AvgIpc) is 2.83. The quantitative estimate of drug-likeness (QED) is 0.367. The molecule has 0 aromatic carbocycles. The predicted octanol–water partition coefficient (Wildman–Crippen LogP) is 5.43. The van der Waals surface area contributed by atoms with Gasteiger partial charge in [0.15, 0.2) is 0 Å². The highest BCUT2D eigenvalue weighted by atomic mass is 19.1. The molecular weight excluding hydrogens is 303 g/mol. The third-order valence-corrected chi connectivity index (χ3v) is 5.73. The Morgan fingerprint density at radius 2 is 1.79 bits per heavy atom. The van der Waals surface area contributed by atoms with Gasteiger partial charge in [-0.25, -0.2) is 4.39 Å². The first-order valence-electron chi connectivity index (χ1n) is 10.2. The fourth-order valence-electron chi connectivity index (χ4n) is 4.10. The van der Waals surface area contributed by atoms with Crippen LogP contribution in [0.15, 0.2) is 12.2 Å². The third-order valence-electron chi connectivity index (χ3n) is 5.73. The normalized spacial score (nSPS) is 30.1. The summed E-state index contributed by atoms with van der Waals surface area (Å²) in [6.07, 6.45) is 11.1. The van der Waals surface area contributed by atoms with E-state index in [1.165, 1.54) is 12.8 Å². The van der Waals surface area contributed by atoms with E-state index in [4.69, 9.17) is 0 Å². The van der Waals surface area contributed by atoms with Crippen molar-refractivity contribution < 1.29 is 14.6 Å². The smallest absolute Gasteiger partial charge is 0.126 e. The molecule has 6 atom stereocenters. The fourth-order valence-corrected chi connectivity index (χ4v) is 4.10. The van der Waals surface area contributed by atoms with Gasteiger partial charge in [-0.2, -0.15) is 0 Å². The molecule has 1 aliphatic rings. The molecule has 0 amide bonds. The first-order chi connectivity index (χ1) is 11.5. The predicted molar refractivity (Wildman–Crippen MR) is 99.7 cm³/mol. The van der Waals surface area contributed by atoms with Crippen LogP contribution in [0, 0.1) is 17.8 Å². The van der Waals surface area contributed by atoms with E-state index in [1.54, 1.807) is 0 Å². The summed E-state index contributed by atoms with van der Waals surface area (Å²) in [5.41, 5.74) is 0. The molecule has 2 nitrogen and oxygen atoms in total. The SMILES string of the molecule is CCCC/C=C\CC1C(O)CC(C)[C@@H]1CCC(O)C(F)CCCC. The van der Waals surface area contributed by atoms with Crippen molar-refractivity contribution in [3.8, 4) is 0 Å². The Balaban J connectivity index is 2.45. The number of rotatable bonds is 12. The van der Waals surface area contributed by atoms with E-state index >= 15 is 0 Å². The largest absolute Gasteiger partial charge is 0.393 e. The van der Waals surface area contributed by atoms with Crippen molar-refractivity contribution in [2.45, 2.75) is 103 Å². The van der Waals surface area contributed by atoms with Gasteiger partial charge >= 0.3 is 0 Å². The lowest BCUT2D eigenvalue weighted by molar-refractivity contribution is 0.0523. The highest BCUT2D eigenvalue weighted by Gasteiger charge is 2.39. The zero-order valence-electron chi connectivity index (χ0n) is 16.0. The zero-order chi connectivity index (χ0) is 17.9. The molecule has 1 aliphatic carbocycles. The number of halogens is 1. The molecule has 0 heterocycles. The zero-order valence-corrected chi connectivity index (χ0v) is 16.0. The molecular formula is C21H39FO2. The number of unbranched alkanes of at least 4 members (excludes halogenated alkanes) is 3. The highest BCUT2D eigenvalue weighted by molar-refractivity contribution is 4.95. The summed E-state index contributed by atoms with van der Waals surface area (Å²) >= 11 is 0. The van der Waals surface area contributed by atoms with E-state index in [0.29, 0.717) is 24.7 Å². The van der Waals surface area contributed by atoms with Gasteiger partial charge in [-0.05, 0) is 56.3 Å². The van der Waals surface area contributed by atoms with Gasteiger partial charge in [-0.3, -0.25) is 0 Å². The van der Waals surface area contributed by atoms with Crippen molar-refractivity contribution in [3.63, 3.8) is 0 Å². The van der Waals surface area contributed by atoms with Gasteiger partial charge < -0.3 is 10.2 Å². The molecule has 0 saturated heterocycles. The maximum Gasteiger partial charge on any atom is 0.126 e. The van der Waals surface area contributed by atoms with Crippen LogP contribution in [-0.2, 0) is 0 Å². The fraction of sp³-hybridized carbons (Fsp3) is 0.905. The molecule has 1 fully saturated rings. The van der Waals surface area contributed by atoms with Gasteiger partial charge in [-0.1, -0.05) is 58.6 Å². The van der Waals surface area contributed by atoms with E-state index in [-0.39, 0.29) is 12.0 Å². The van der Waals surface area contributed by atoms with Crippen LogP contribution < -0.4 is 0 Å².